The molecule has 144 valence electrons. The maximum absolute atomic E-state index is 13.6. The summed E-state index contributed by atoms with van der Waals surface area (Å²) in [5.41, 5.74) is 14.5. The SMILES string of the molecule is NC(Cc1cc(F)cc(F)c1)c1nc2ncsc2cc1-c1ccc2scnc2c1. The number of hydrogen-bond acceptors (Lipinski definition) is 6. The van der Waals surface area contributed by atoms with Crippen LogP contribution in [0.5, 0.6) is 0 Å². The standard InChI is InChI=1S/C21H14F2N4S2/c22-13-3-11(4-14(23)7-13)5-16(24)20-15(8-19-21(27-20)26-10-29-19)12-1-2-18-17(6-12)25-9-28-18/h1-4,6-10,16H,5,24H2. The van der Waals surface area contributed by atoms with E-state index in [1.165, 1.54) is 23.5 Å². The Labute approximate surface area is 172 Å². The molecular weight excluding hydrogens is 410 g/mol. The summed E-state index contributed by atoms with van der Waals surface area (Å²) in [7, 11) is 0. The van der Waals surface area contributed by atoms with E-state index in [0.717, 1.165) is 32.1 Å². The van der Waals surface area contributed by atoms with E-state index >= 15 is 0 Å². The molecule has 8 heteroatoms. The minimum Gasteiger partial charge on any atom is -0.322 e. The first kappa shape index (κ1) is 18.2. The summed E-state index contributed by atoms with van der Waals surface area (Å²) in [4.78, 5) is 13.4. The molecule has 0 bridgehead atoms. The van der Waals surface area contributed by atoms with Gasteiger partial charge in [-0.3, -0.25) is 0 Å². The largest absolute Gasteiger partial charge is 0.322 e. The molecule has 0 saturated heterocycles. The highest BCUT2D eigenvalue weighted by Gasteiger charge is 2.19. The number of thiazole rings is 2. The molecule has 4 nitrogen and oxygen atoms in total. The van der Waals surface area contributed by atoms with Crippen molar-refractivity contribution >= 4 is 43.2 Å². The fourth-order valence-electron chi connectivity index (χ4n) is 3.43. The van der Waals surface area contributed by atoms with Gasteiger partial charge in [0.25, 0.3) is 0 Å². The highest BCUT2D eigenvalue weighted by Crippen LogP contribution is 2.34. The van der Waals surface area contributed by atoms with Crippen LogP contribution in [-0.2, 0) is 6.42 Å². The molecule has 0 fully saturated rings. The maximum Gasteiger partial charge on any atom is 0.170 e. The third-order valence-electron chi connectivity index (χ3n) is 4.72. The van der Waals surface area contributed by atoms with E-state index in [4.69, 9.17) is 5.73 Å². The minimum absolute atomic E-state index is 0.253. The summed E-state index contributed by atoms with van der Waals surface area (Å²) < 4.78 is 29.2. The number of nitrogens with zero attached hydrogens (tertiary/aromatic N) is 3. The highest BCUT2D eigenvalue weighted by atomic mass is 32.1. The van der Waals surface area contributed by atoms with Crippen molar-refractivity contribution in [2.45, 2.75) is 12.5 Å². The smallest absolute Gasteiger partial charge is 0.170 e. The lowest BCUT2D eigenvalue weighted by Gasteiger charge is -2.16. The van der Waals surface area contributed by atoms with Crippen molar-refractivity contribution in [3.63, 3.8) is 0 Å². The number of aromatic nitrogens is 3. The Morgan fingerprint density at radius 1 is 0.897 bits per heavy atom. The predicted octanol–water partition coefficient (Wildman–Crippen LogP) is 5.49. The van der Waals surface area contributed by atoms with Gasteiger partial charge in [0.2, 0.25) is 0 Å². The van der Waals surface area contributed by atoms with Crippen LogP contribution in [0.3, 0.4) is 0 Å². The molecule has 3 aromatic heterocycles. The number of halogens is 2. The molecule has 0 saturated carbocycles. The lowest BCUT2D eigenvalue weighted by atomic mass is 9.96. The van der Waals surface area contributed by atoms with Gasteiger partial charge in [-0.05, 0) is 47.9 Å². The number of pyridine rings is 1. The summed E-state index contributed by atoms with van der Waals surface area (Å²) in [6.07, 6.45) is 0.253. The molecule has 1 atom stereocenters. The average Bonchev–Trinajstić information content (AvgIpc) is 3.34. The van der Waals surface area contributed by atoms with E-state index in [-0.39, 0.29) is 6.42 Å². The number of nitrogens with two attached hydrogens (primary N) is 1. The van der Waals surface area contributed by atoms with Gasteiger partial charge in [-0.25, -0.2) is 23.7 Å². The Bertz CT molecular complexity index is 1330. The van der Waals surface area contributed by atoms with E-state index in [1.807, 2.05) is 29.8 Å². The molecule has 0 amide bonds. The molecule has 2 aromatic carbocycles. The molecular formula is C21H14F2N4S2. The van der Waals surface area contributed by atoms with Crippen molar-refractivity contribution < 1.29 is 8.78 Å². The highest BCUT2D eigenvalue weighted by molar-refractivity contribution is 7.17. The molecule has 0 aliphatic heterocycles. The van der Waals surface area contributed by atoms with Gasteiger partial charge in [0, 0.05) is 11.6 Å². The molecule has 29 heavy (non-hydrogen) atoms. The molecule has 2 N–H and O–H groups in total. The van der Waals surface area contributed by atoms with Gasteiger partial charge < -0.3 is 5.73 Å². The van der Waals surface area contributed by atoms with Crippen LogP contribution in [0.1, 0.15) is 17.3 Å². The average molecular weight is 425 g/mol. The van der Waals surface area contributed by atoms with Crippen LogP contribution >= 0.6 is 22.7 Å². The van der Waals surface area contributed by atoms with Crippen molar-refractivity contribution in [3.8, 4) is 11.1 Å². The van der Waals surface area contributed by atoms with Crippen LogP contribution in [0.15, 0.2) is 53.5 Å². The number of hydrogen-bond donors (Lipinski definition) is 1. The fraction of sp³-hybridized carbons (Fsp3) is 0.0952. The zero-order valence-corrected chi connectivity index (χ0v) is 16.6. The van der Waals surface area contributed by atoms with E-state index in [9.17, 15) is 8.78 Å². The summed E-state index contributed by atoms with van der Waals surface area (Å²) in [6, 6.07) is 11.0. The molecule has 0 aliphatic carbocycles. The number of fused-ring (bicyclic) bond motifs is 2. The van der Waals surface area contributed by atoms with Gasteiger partial charge in [0.05, 0.1) is 37.7 Å². The monoisotopic (exact) mass is 424 g/mol. The van der Waals surface area contributed by atoms with Crippen molar-refractivity contribution in [3.05, 3.63) is 76.4 Å². The van der Waals surface area contributed by atoms with Crippen LogP contribution in [0.2, 0.25) is 0 Å². The number of benzene rings is 2. The zero-order chi connectivity index (χ0) is 20.0. The van der Waals surface area contributed by atoms with Crippen LogP contribution in [-0.4, -0.2) is 15.0 Å². The lowest BCUT2D eigenvalue weighted by Crippen LogP contribution is -2.16. The van der Waals surface area contributed by atoms with Crippen LogP contribution in [0, 0.1) is 11.6 Å². The molecule has 3 heterocycles. The fourth-order valence-corrected chi connectivity index (χ4v) is 4.74. The summed E-state index contributed by atoms with van der Waals surface area (Å²) in [6.45, 7) is 0. The normalized spacial score (nSPS) is 12.7. The van der Waals surface area contributed by atoms with E-state index in [2.05, 4.69) is 15.0 Å². The Morgan fingerprint density at radius 2 is 1.66 bits per heavy atom. The minimum atomic E-state index is -0.621. The quantitative estimate of drug-likeness (QED) is 0.414. The second-order valence-electron chi connectivity index (χ2n) is 6.72. The first-order valence-electron chi connectivity index (χ1n) is 8.85. The molecule has 0 radical (unpaired) electrons. The van der Waals surface area contributed by atoms with Gasteiger partial charge >= 0.3 is 0 Å². The second-order valence-corrected chi connectivity index (χ2v) is 8.49. The van der Waals surface area contributed by atoms with Gasteiger partial charge in [-0.2, -0.15) is 0 Å². The summed E-state index contributed by atoms with van der Waals surface area (Å²) in [5, 5.41) is 0. The van der Waals surface area contributed by atoms with E-state index in [0.29, 0.717) is 16.9 Å². The first-order chi connectivity index (χ1) is 14.1. The Hall–Kier alpha value is -2.81. The summed E-state index contributed by atoms with van der Waals surface area (Å²) >= 11 is 3.08. The molecule has 0 aliphatic rings. The van der Waals surface area contributed by atoms with Crippen LogP contribution < -0.4 is 5.73 Å². The Balaban J connectivity index is 1.62. The molecule has 0 spiro atoms. The third kappa shape index (κ3) is 3.50. The van der Waals surface area contributed by atoms with Gasteiger partial charge in [0.1, 0.15) is 11.6 Å². The number of rotatable bonds is 4. The summed E-state index contributed by atoms with van der Waals surface area (Å²) in [5.74, 6) is -1.24. The predicted molar refractivity (Wildman–Crippen MR) is 113 cm³/mol. The topological polar surface area (TPSA) is 64.7 Å². The van der Waals surface area contributed by atoms with Gasteiger partial charge in [-0.15, -0.1) is 22.7 Å². The van der Waals surface area contributed by atoms with Crippen molar-refractivity contribution in [1.29, 1.82) is 0 Å². The lowest BCUT2D eigenvalue weighted by molar-refractivity contribution is 0.576. The second kappa shape index (κ2) is 7.22. The zero-order valence-electron chi connectivity index (χ0n) is 15.0. The van der Waals surface area contributed by atoms with Crippen molar-refractivity contribution in [1.82, 2.24) is 15.0 Å². The first-order valence-corrected chi connectivity index (χ1v) is 10.6. The Morgan fingerprint density at radius 3 is 2.48 bits per heavy atom. The Kier molecular flexibility index (Phi) is 4.54. The van der Waals surface area contributed by atoms with E-state index in [1.54, 1.807) is 16.8 Å². The maximum atomic E-state index is 13.6. The van der Waals surface area contributed by atoms with Crippen LogP contribution in [0.4, 0.5) is 8.78 Å². The van der Waals surface area contributed by atoms with Crippen LogP contribution in [0.25, 0.3) is 31.7 Å². The van der Waals surface area contributed by atoms with Crippen molar-refractivity contribution in [2.75, 3.05) is 0 Å². The molecule has 5 aromatic rings. The third-order valence-corrected chi connectivity index (χ3v) is 6.30. The van der Waals surface area contributed by atoms with Gasteiger partial charge in [0.15, 0.2) is 5.65 Å². The molecule has 1 unspecified atom stereocenters. The van der Waals surface area contributed by atoms with Gasteiger partial charge in [-0.1, -0.05) is 6.07 Å². The van der Waals surface area contributed by atoms with Crippen molar-refractivity contribution in [2.24, 2.45) is 5.73 Å². The molecule has 5 rings (SSSR count). The van der Waals surface area contributed by atoms with E-state index < -0.39 is 17.7 Å².